The van der Waals surface area contributed by atoms with Crippen molar-refractivity contribution in [3.8, 4) is 5.75 Å². The Hall–Kier alpha value is -4.05. The molecular weight excluding hydrogens is 458 g/mol. The quantitative estimate of drug-likeness (QED) is 0.199. The molecule has 37 heavy (non-hydrogen) atoms. The lowest BCUT2D eigenvalue weighted by molar-refractivity contribution is -0.153. The monoisotopic (exact) mass is 493 g/mol. The van der Waals surface area contributed by atoms with Crippen LogP contribution in [0, 0.1) is 5.92 Å². The van der Waals surface area contributed by atoms with Gasteiger partial charge in [0.15, 0.2) is 0 Å². The van der Waals surface area contributed by atoms with E-state index in [2.05, 4.69) is 89.8 Å². The minimum absolute atomic E-state index is 0.135. The maximum atomic E-state index is 11.7. The Morgan fingerprint density at radius 2 is 1.11 bits per heavy atom. The molecule has 4 nitrogen and oxygen atoms in total. The highest BCUT2D eigenvalue weighted by Crippen LogP contribution is 2.34. The van der Waals surface area contributed by atoms with E-state index in [1.165, 1.54) is 11.1 Å². The number of anilines is 3. The summed E-state index contributed by atoms with van der Waals surface area (Å²) in [5.74, 6) is 0.444. The van der Waals surface area contributed by atoms with Crippen molar-refractivity contribution in [3.05, 3.63) is 120 Å². The molecule has 0 N–H and O–H groups in total. The number of benzene rings is 4. The molecule has 0 aliphatic carbocycles. The molecule has 0 fully saturated rings. The molecule has 1 atom stereocenters. The summed E-state index contributed by atoms with van der Waals surface area (Å²) >= 11 is 0. The van der Waals surface area contributed by atoms with Gasteiger partial charge in [0.2, 0.25) is 0 Å². The first-order valence-corrected chi connectivity index (χ1v) is 12.9. The van der Waals surface area contributed by atoms with Crippen LogP contribution in [0.2, 0.25) is 0 Å². The standard InChI is InChI=1S/C33H35NO3/c1-25(2)33(35)37-26(3)24-36-32-22-18-28(19-23-32)15-14-27-16-20-31(21-17-27)34(29-10-6-4-7-11-29)30-12-8-5-9-13-30/h4-13,16-23,25-26H,14-15,24H2,1-3H3. The van der Waals surface area contributed by atoms with Crippen molar-refractivity contribution >= 4 is 23.0 Å². The average molecular weight is 494 g/mol. The van der Waals surface area contributed by atoms with Gasteiger partial charge in [0.25, 0.3) is 0 Å². The Kier molecular flexibility index (Phi) is 8.98. The highest BCUT2D eigenvalue weighted by molar-refractivity contribution is 5.76. The van der Waals surface area contributed by atoms with Crippen molar-refractivity contribution in [2.75, 3.05) is 11.5 Å². The van der Waals surface area contributed by atoms with Crippen LogP contribution >= 0.6 is 0 Å². The number of nitrogens with zero attached hydrogens (tertiary/aromatic N) is 1. The number of hydrogen-bond acceptors (Lipinski definition) is 4. The van der Waals surface area contributed by atoms with Crippen LogP contribution in [0.15, 0.2) is 109 Å². The summed E-state index contributed by atoms with van der Waals surface area (Å²) in [7, 11) is 0. The molecule has 4 heteroatoms. The van der Waals surface area contributed by atoms with E-state index in [1.807, 2.05) is 45.0 Å². The van der Waals surface area contributed by atoms with Crippen LogP contribution in [0.1, 0.15) is 31.9 Å². The van der Waals surface area contributed by atoms with Gasteiger partial charge in [-0.3, -0.25) is 4.79 Å². The van der Waals surface area contributed by atoms with E-state index in [0.717, 1.165) is 35.7 Å². The summed E-state index contributed by atoms with van der Waals surface area (Å²) < 4.78 is 11.1. The Morgan fingerprint density at radius 1 is 0.649 bits per heavy atom. The number of aryl methyl sites for hydroxylation is 2. The van der Waals surface area contributed by atoms with E-state index in [0.29, 0.717) is 6.61 Å². The minimum atomic E-state index is -0.280. The third-order valence-corrected chi connectivity index (χ3v) is 6.12. The van der Waals surface area contributed by atoms with Crippen LogP contribution in [0.4, 0.5) is 17.1 Å². The summed E-state index contributed by atoms with van der Waals surface area (Å²) in [5.41, 5.74) is 5.96. The molecule has 4 rings (SSSR count). The second-order valence-electron chi connectivity index (χ2n) is 9.53. The predicted octanol–water partition coefficient (Wildman–Crippen LogP) is 7.91. The molecule has 190 valence electrons. The zero-order valence-corrected chi connectivity index (χ0v) is 21.8. The van der Waals surface area contributed by atoms with Crippen LogP contribution in [0.3, 0.4) is 0 Å². The van der Waals surface area contributed by atoms with Gasteiger partial charge in [0.05, 0.1) is 5.92 Å². The summed E-state index contributed by atoms with van der Waals surface area (Å²) in [6.45, 7) is 5.84. The van der Waals surface area contributed by atoms with Gasteiger partial charge >= 0.3 is 5.97 Å². The number of para-hydroxylation sites is 2. The SMILES string of the molecule is CC(COc1ccc(CCc2ccc(N(c3ccccc3)c3ccccc3)cc2)cc1)OC(=O)C(C)C. The van der Waals surface area contributed by atoms with Gasteiger partial charge < -0.3 is 14.4 Å². The first-order chi connectivity index (χ1) is 18.0. The fourth-order valence-corrected chi connectivity index (χ4v) is 4.04. The minimum Gasteiger partial charge on any atom is -0.490 e. The maximum absolute atomic E-state index is 11.7. The highest BCUT2D eigenvalue weighted by Gasteiger charge is 2.14. The Labute approximate surface area is 220 Å². The van der Waals surface area contributed by atoms with E-state index in [1.54, 1.807) is 0 Å². The number of ether oxygens (including phenoxy) is 2. The topological polar surface area (TPSA) is 38.8 Å². The molecule has 4 aromatic rings. The van der Waals surface area contributed by atoms with Gasteiger partial charge in [-0.2, -0.15) is 0 Å². The molecule has 0 bridgehead atoms. The van der Waals surface area contributed by atoms with Crippen LogP contribution in [-0.2, 0) is 22.4 Å². The molecule has 1 unspecified atom stereocenters. The van der Waals surface area contributed by atoms with E-state index in [-0.39, 0.29) is 18.0 Å². The average Bonchev–Trinajstić information content (AvgIpc) is 2.93. The lowest BCUT2D eigenvalue weighted by Crippen LogP contribution is -2.24. The normalized spacial score (nSPS) is 11.7. The molecule has 0 radical (unpaired) electrons. The summed E-state index contributed by atoms with van der Waals surface area (Å²) in [4.78, 5) is 14.0. The number of carbonyl (C=O) groups excluding carboxylic acids is 1. The van der Waals surface area contributed by atoms with Crippen LogP contribution in [-0.4, -0.2) is 18.7 Å². The van der Waals surface area contributed by atoms with Crippen molar-refractivity contribution in [2.24, 2.45) is 5.92 Å². The highest BCUT2D eigenvalue weighted by atomic mass is 16.6. The van der Waals surface area contributed by atoms with Crippen molar-refractivity contribution in [1.82, 2.24) is 0 Å². The molecule has 0 aliphatic rings. The molecule has 4 aromatic carbocycles. The number of esters is 1. The number of hydrogen-bond donors (Lipinski definition) is 0. The molecule has 0 amide bonds. The zero-order chi connectivity index (χ0) is 26.0. The first kappa shape index (κ1) is 26.0. The molecule has 0 saturated heterocycles. The Bertz CT molecular complexity index is 1200. The molecule has 0 heterocycles. The zero-order valence-electron chi connectivity index (χ0n) is 21.8. The maximum Gasteiger partial charge on any atom is 0.308 e. The van der Waals surface area contributed by atoms with Gasteiger partial charge in [-0.1, -0.05) is 74.5 Å². The second-order valence-corrected chi connectivity index (χ2v) is 9.53. The second kappa shape index (κ2) is 12.8. The Morgan fingerprint density at radius 3 is 1.59 bits per heavy atom. The largest absolute Gasteiger partial charge is 0.490 e. The Balaban J connectivity index is 1.33. The van der Waals surface area contributed by atoms with Gasteiger partial charge in [-0.25, -0.2) is 0 Å². The summed E-state index contributed by atoms with van der Waals surface area (Å²) in [6.07, 6.45) is 1.62. The van der Waals surface area contributed by atoms with Crippen LogP contribution in [0.25, 0.3) is 0 Å². The first-order valence-electron chi connectivity index (χ1n) is 12.9. The molecular formula is C33H35NO3. The third kappa shape index (κ3) is 7.47. The molecule has 0 saturated carbocycles. The smallest absolute Gasteiger partial charge is 0.308 e. The third-order valence-electron chi connectivity index (χ3n) is 6.12. The van der Waals surface area contributed by atoms with Gasteiger partial charge in [0, 0.05) is 17.1 Å². The fraction of sp³-hybridized carbons (Fsp3) is 0.242. The molecule has 0 aromatic heterocycles. The van der Waals surface area contributed by atoms with E-state index < -0.39 is 0 Å². The fourth-order valence-electron chi connectivity index (χ4n) is 4.04. The van der Waals surface area contributed by atoms with Crippen molar-refractivity contribution in [2.45, 2.75) is 39.7 Å². The lowest BCUT2D eigenvalue weighted by Gasteiger charge is -2.25. The van der Waals surface area contributed by atoms with Crippen LogP contribution < -0.4 is 9.64 Å². The van der Waals surface area contributed by atoms with Crippen LogP contribution in [0.5, 0.6) is 5.75 Å². The predicted molar refractivity (Wildman–Crippen MR) is 151 cm³/mol. The van der Waals surface area contributed by atoms with E-state index >= 15 is 0 Å². The van der Waals surface area contributed by atoms with Gasteiger partial charge in [-0.05, 0) is 79.4 Å². The summed E-state index contributed by atoms with van der Waals surface area (Å²) in [6, 6.07) is 37.9. The lowest BCUT2D eigenvalue weighted by atomic mass is 10.0. The van der Waals surface area contributed by atoms with Crippen molar-refractivity contribution in [3.63, 3.8) is 0 Å². The molecule has 0 spiro atoms. The van der Waals surface area contributed by atoms with Crippen molar-refractivity contribution in [1.29, 1.82) is 0 Å². The molecule has 0 aliphatic heterocycles. The van der Waals surface area contributed by atoms with E-state index in [4.69, 9.17) is 9.47 Å². The number of carbonyl (C=O) groups is 1. The number of rotatable bonds is 11. The van der Waals surface area contributed by atoms with E-state index in [9.17, 15) is 4.79 Å². The van der Waals surface area contributed by atoms with Crippen molar-refractivity contribution < 1.29 is 14.3 Å². The van der Waals surface area contributed by atoms with Gasteiger partial charge in [0.1, 0.15) is 18.5 Å². The summed E-state index contributed by atoms with van der Waals surface area (Å²) in [5, 5.41) is 0. The van der Waals surface area contributed by atoms with Gasteiger partial charge in [-0.15, -0.1) is 0 Å².